The van der Waals surface area contributed by atoms with Gasteiger partial charge in [0.1, 0.15) is 0 Å². The normalized spacial score (nSPS) is 12.5. The lowest BCUT2D eigenvalue weighted by Gasteiger charge is -2.07. The minimum absolute atomic E-state index is 1.02. The number of rotatable bonds is 4. The van der Waals surface area contributed by atoms with Gasteiger partial charge in [0.25, 0.3) is 0 Å². The summed E-state index contributed by atoms with van der Waals surface area (Å²) < 4.78 is 0. The summed E-state index contributed by atoms with van der Waals surface area (Å²) >= 11 is 0. The summed E-state index contributed by atoms with van der Waals surface area (Å²) in [5.41, 5.74) is 6.14. The first-order valence-electron chi connectivity index (χ1n) is 6.49. The molecule has 0 saturated heterocycles. The van der Waals surface area contributed by atoms with Crippen LogP contribution in [-0.2, 0) is 0 Å². The van der Waals surface area contributed by atoms with Crippen molar-refractivity contribution in [2.45, 2.75) is 41.0 Å². The minimum Gasteiger partial charge on any atom is -0.256 e. The Balaban J connectivity index is 3.15. The second-order valence-electron chi connectivity index (χ2n) is 4.79. The van der Waals surface area contributed by atoms with Crippen LogP contribution in [0.1, 0.15) is 46.6 Å². The predicted molar refractivity (Wildman–Crippen MR) is 81.9 cm³/mol. The molecule has 0 saturated carbocycles. The van der Waals surface area contributed by atoms with E-state index in [-0.39, 0.29) is 0 Å². The minimum atomic E-state index is 1.02. The van der Waals surface area contributed by atoms with Crippen LogP contribution in [0.3, 0.4) is 0 Å². The van der Waals surface area contributed by atoms with Crippen LogP contribution in [-0.4, -0.2) is 6.21 Å². The van der Waals surface area contributed by atoms with Crippen molar-refractivity contribution in [2.24, 2.45) is 4.99 Å². The molecule has 1 heteroatoms. The van der Waals surface area contributed by atoms with E-state index in [1.807, 2.05) is 12.3 Å². The lowest BCUT2D eigenvalue weighted by molar-refractivity contribution is 1.09. The molecule has 1 aromatic carbocycles. The molecule has 1 nitrogen and oxygen atoms in total. The standard InChI is InChI=1S/C17H23N/c1-6-14(4)17(16-10-8-7-9-11-16)18-12-15(5)13(2)3/h7-12H,6H2,1-5H3. The molecular weight excluding hydrogens is 218 g/mol. The van der Waals surface area contributed by atoms with Gasteiger partial charge in [0.05, 0.1) is 5.70 Å². The first-order chi connectivity index (χ1) is 8.56. The van der Waals surface area contributed by atoms with E-state index >= 15 is 0 Å². The van der Waals surface area contributed by atoms with Gasteiger partial charge in [0.2, 0.25) is 0 Å². The number of nitrogens with zero attached hydrogens (tertiary/aromatic N) is 1. The van der Waals surface area contributed by atoms with Gasteiger partial charge in [-0.3, -0.25) is 4.99 Å². The van der Waals surface area contributed by atoms with Crippen LogP contribution in [0.4, 0.5) is 0 Å². The number of benzene rings is 1. The molecule has 0 N–H and O–H groups in total. The SMILES string of the molecule is CCC(C)=C(N=CC(C)=C(C)C)c1ccccc1. The molecule has 0 heterocycles. The van der Waals surface area contributed by atoms with E-state index < -0.39 is 0 Å². The maximum Gasteiger partial charge on any atom is 0.0691 e. The van der Waals surface area contributed by atoms with E-state index in [1.54, 1.807) is 0 Å². The average Bonchev–Trinajstić information content (AvgIpc) is 2.39. The van der Waals surface area contributed by atoms with Gasteiger partial charge in [0, 0.05) is 11.8 Å². The van der Waals surface area contributed by atoms with Crippen molar-refractivity contribution in [1.82, 2.24) is 0 Å². The highest BCUT2D eigenvalue weighted by molar-refractivity contribution is 5.85. The number of allylic oxidation sites excluding steroid dienone is 3. The van der Waals surface area contributed by atoms with Crippen LogP contribution >= 0.6 is 0 Å². The van der Waals surface area contributed by atoms with Crippen molar-refractivity contribution in [3.05, 3.63) is 52.6 Å². The lowest BCUT2D eigenvalue weighted by atomic mass is 10.1. The molecular formula is C17H23N. The molecule has 0 amide bonds. The fourth-order valence-electron chi connectivity index (χ4n) is 1.49. The van der Waals surface area contributed by atoms with Crippen molar-refractivity contribution in [3.8, 4) is 0 Å². The Morgan fingerprint density at radius 3 is 2.17 bits per heavy atom. The second-order valence-corrected chi connectivity index (χ2v) is 4.79. The Kier molecular flexibility index (Phi) is 5.57. The Morgan fingerprint density at radius 1 is 1.06 bits per heavy atom. The van der Waals surface area contributed by atoms with Crippen molar-refractivity contribution < 1.29 is 0 Å². The summed E-state index contributed by atoms with van der Waals surface area (Å²) in [6.07, 6.45) is 2.99. The monoisotopic (exact) mass is 241 g/mol. The molecule has 0 bridgehead atoms. The number of hydrogen-bond donors (Lipinski definition) is 0. The molecule has 0 aliphatic carbocycles. The molecule has 0 radical (unpaired) electrons. The van der Waals surface area contributed by atoms with Crippen LogP contribution in [0.5, 0.6) is 0 Å². The predicted octanol–water partition coefficient (Wildman–Crippen LogP) is 5.25. The summed E-state index contributed by atoms with van der Waals surface area (Å²) in [4.78, 5) is 4.68. The summed E-state index contributed by atoms with van der Waals surface area (Å²) in [6.45, 7) is 10.6. The Labute approximate surface area is 111 Å². The Bertz CT molecular complexity index is 472. The van der Waals surface area contributed by atoms with Crippen LogP contribution < -0.4 is 0 Å². The highest BCUT2D eigenvalue weighted by Crippen LogP contribution is 2.21. The van der Waals surface area contributed by atoms with E-state index in [4.69, 9.17) is 0 Å². The van der Waals surface area contributed by atoms with Gasteiger partial charge in [-0.2, -0.15) is 0 Å². The second kappa shape index (κ2) is 6.95. The third-order valence-electron chi connectivity index (χ3n) is 3.16. The first-order valence-corrected chi connectivity index (χ1v) is 6.49. The lowest BCUT2D eigenvalue weighted by Crippen LogP contribution is -1.89. The average molecular weight is 241 g/mol. The van der Waals surface area contributed by atoms with Crippen molar-refractivity contribution in [2.75, 3.05) is 0 Å². The molecule has 0 spiro atoms. The van der Waals surface area contributed by atoms with Crippen molar-refractivity contribution in [3.63, 3.8) is 0 Å². The zero-order valence-electron chi connectivity index (χ0n) is 12.1. The molecule has 1 aromatic rings. The Morgan fingerprint density at radius 2 is 1.67 bits per heavy atom. The number of aliphatic imine (C=N–C) groups is 1. The summed E-state index contributed by atoms with van der Waals surface area (Å²) in [5, 5.41) is 0. The van der Waals surface area contributed by atoms with Gasteiger partial charge in [-0.05, 0) is 45.3 Å². The van der Waals surface area contributed by atoms with E-state index in [2.05, 4.69) is 63.9 Å². The summed E-state index contributed by atoms with van der Waals surface area (Å²) in [5.74, 6) is 0. The van der Waals surface area contributed by atoms with E-state index in [1.165, 1.54) is 22.3 Å². The number of hydrogen-bond acceptors (Lipinski definition) is 1. The van der Waals surface area contributed by atoms with Gasteiger partial charge in [-0.25, -0.2) is 0 Å². The molecule has 0 aliphatic heterocycles. The van der Waals surface area contributed by atoms with Gasteiger partial charge < -0.3 is 0 Å². The van der Waals surface area contributed by atoms with Gasteiger partial charge in [-0.1, -0.05) is 42.8 Å². The topological polar surface area (TPSA) is 12.4 Å². The maximum atomic E-state index is 4.68. The molecule has 0 atom stereocenters. The van der Waals surface area contributed by atoms with E-state index in [9.17, 15) is 0 Å². The van der Waals surface area contributed by atoms with Crippen LogP contribution in [0.25, 0.3) is 5.70 Å². The highest BCUT2D eigenvalue weighted by atomic mass is 14.7. The third-order valence-corrected chi connectivity index (χ3v) is 3.16. The third kappa shape index (κ3) is 3.99. The zero-order valence-corrected chi connectivity index (χ0v) is 12.1. The largest absolute Gasteiger partial charge is 0.256 e. The highest BCUT2D eigenvalue weighted by Gasteiger charge is 2.02. The zero-order chi connectivity index (χ0) is 13.5. The molecule has 0 aliphatic rings. The van der Waals surface area contributed by atoms with Crippen LogP contribution in [0, 0.1) is 0 Å². The smallest absolute Gasteiger partial charge is 0.0691 e. The first kappa shape index (κ1) is 14.4. The fourth-order valence-corrected chi connectivity index (χ4v) is 1.49. The van der Waals surface area contributed by atoms with Crippen LogP contribution in [0.2, 0.25) is 0 Å². The molecule has 0 fully saturated rings. The quantitative estimate of drug-likeness (QED) is 0.638. The summed E-state index contributed by atoms with van der Waals surface area (Å²) in [7, 11) is 0. The molecule has 96 valence electrons. The molecule has 18 heavy (non-hydrogen) atoms. The maximum absolute atomic E-state index is 4.68. The molecule has 0 unspecified atom stereocenters. The van der Waals surface area contributed by atoms with Gasteiger partial charge in [-0.15, -0.1) is 0 Å². The van der Waals surface area contributed by atoms with Crippen molar-refractivity contribution in [1.29, 1.82) is 0 Å². The summed E-state index contributed by atoms with van der Waals surface area (Å²) in [6, 6.07) is 10.4. The van der Waals surface area contributed by atoms with Crippen molar-refractivity contribution >= 4 is 11.9 Å². The van der Waals surface area contributed by atoms with Gasteiger partial charge in [0.15, 0.2) is 0 Å². The van der Waals surface area contributed by atoms with Crippen LogP contribution in [0.15, 0.2) is 52.0 Å². The molecule has 1 rings (SSSR count). The van der Waals surface area contributed by atoms with E-state index in [0.717, 1.165) is 12.1 Å². The molecule has 0 aromatic heterocycles. The fraction of sp³-hybridized carbons (Fsp3) is 0.353. The van der Waals surface area contributed by atoms with Gasteiger partial charge >= 0.3 is 0 Å². The van der Waals surface area contributed by atoms with E-state index in [0.29, 0.717) is 0 Å². The Hall–Kier alpha value is -1.63.